The van der Waals surface area contributed by atoms with E-state index in [0.29, 0.717) is 5.41 Å². The van der Waals surface area contributed by atoms with E-state index >= 15 is 0 Å². The third-order valence-electron chi connectivity index (χ3n) is 3.20. The molecule has 1 aliphatic rings. The van der Waals surface area contributed by atoms with Crippen LogP contribution in [0, 0.1) is 5.41 Å². The molecular weight excluding hydrogens is 190 g/mol. The highest BCUT2D eigenvalue weighted by Gasteiger charge is 2.26. The van der Waals surface area contributed by atoms with Gasteiger partial charge in [0.15, 0.2) is 0 Å². The minimum atomic E-state index is 0.458. The van der Waals surface area contributed by atoms with Crippen molar-refractivity contribution in [3.05, 3.63) is 0 Å². The number of hydrogen-bond acceptors (Lipinski definition) is 3. The van der Waals surface area contributed by atoms with Gasteiger partial charge in [-0.3, -0.25) is 0 Å². The Morgan fingerprint density at radius 3 is 2.67 bits per heavy atom. The summed E-state index contributed by atoms with van der Waals surface area (Å²) < 4.78 is 10.4. The summed E-state index contributed by atoms with van der Waals surface area (Å²) in [4.78, 5) is 0. The first-order valence-electron chi connectivity index (χ1n) is 6.04. The van der Waals surface area contributed by atoms with Crippen LogP contribution in [-0.4, -0.2) is 40.0 Å². The largest absolute Gasteiger partial charge is 0.385 e. The van der Waals surface area contributed by atoms with Crippen molar-refractivity contribution in [1.29, 1.82) is 0 Å². The number of rotatable bonds is 7. The van der Waals surface area contributed by atoms with E-state index in [1.54, 1.807) is 7.11 Å². The van der Waals surface area contributed by atoms with Crippen LogP contribution in [0.5, 0.6) is 0 Å². The lowest BCUT2D eigenvalue weighted by molar-refractivity contribution is 0.0241. The van der Waals surface area contributed by atoms with Crippen LogP contribution in [0.1, 0.15) is 32.6 Å². The van der Waals surface area contributed by atoms with Crippen LogP contribution < -0.4 is 5.32 Å². The van der Waals surface area contributed by atoms with Gasteiger partial charge in [-0.25, -0.2) is 0 Å². The first-order valence-corrected chi connectivity index (χ1v) is 6.04. The molecule has 1 rings (SSSR count). The molecule has 0 atom stereocenters. The molecule has 1 fully saturated rings. The summed E-state index contributed by atoms with van der Waals surface area (Å²) in [6, 6.07) is 0. The molecule has 3 heteroatoms. The molecule has 0 spiro atoms. The van der Waals surface area contributed by atoms with E-state index in [4.69, 9.17) is 9.47 Å². The van der Waals surface area contributed by atoms with Crippen molar-refractivity contribution in [1.82, 2.24) is 5.32 Å². The fraction of sp³-hybridized carbons (Fsp3) is 1.00. The van der Waals surface area contributed by atoms with E-state index in [-0.39, 0.29) is 0 Å². The Labute approximate surface area is 93.5 Å². The zero-order valence-corrected chi connectivity index (χ0v) is 10.2. The second kappa shape index (κ2) is 7.20. The van der Waals surface area contributed by atoms with Crippen molar-refractivity contribution >= 4 is 0 Å². The van der Waals surface area contributed by atoms with Crippen molar-refractivity contribution in [2.75, 3.05) is 40.0 Å². The summed E-state index contributed by atoms with van der Waals surface area (Å²) >= 11 is 0. The third kappa shape index (κ3) is 5.50. The second-order valence-corrected chi connectivity index (χ2v) is 4.80. The Hall–Kier alpha value is -0.120. The van der Waals surface area contributed by atoms with Crippen LogP contribution in [0.3, 0.4) is 0 Å². The summed E-state index contributed by atoms with van der Waals surface area (Å²) in [5.41, 5.74) is 0.458. The highest BCUT2D eigenvalue weighted by atomic mass is 16.5. The molecule has 15 heavy (non-hydrogen) atoms. The quantitative estimate of drug-likeness (QED) is 0.657. The predicted molar refractivity (Wildman–Crippen MR) is 62.1 cm³/mol. The molecule has 0 radical (unpaired) electrons. The van der Waals surface area contributed by atoms with Gasteiger partial charge in [-0.15, -0.1) is 0 Å². The van der Waals surface area contributed by atoms with Gasteiger partial charge >= 0.3 is 0 Å². The molecule has 1 aliphatic heterocycles. The molecule has 1 heterocycles. The Morgan fingerprint density at radius 1 is 1.27 bits per heavy atom. The molecule has 0 aromatic heterocycles. The average molecular weight is 215 g/mol. The monoisotopic (exact) mass is 215 g/mol. The number of hydrogen-bond donors (Lipinski definition) is 1. The molecule has 0 bridgehead atoms. The van der Waals surface area contributed by atoms with E-state index in [1.807, 2.05) is 0 Å². The van der Waals surface area contributed by atoms with Gasteiger partial charge in [-0.2, -0.15) is 0 Å². The maximum Gasteiger partial charge on any atom is 0.0471 e. The molecule has 90 valence electrons. The number of nitrogens with one attached hydrogen (secondary N) is 1. The lowest BCUT2D eigenvalue weighted by atomic mass is 9.82. The SMILES string of the molecule is COCCCCNCC1(C)CCOCC1. The molecule has 0 aromatic rings. The molecule has 1 saturated heterocycles. The normalized spacial score (nSPS) is 20.4. The molecule has 1 N–H and O–H groups in total. The minimum absolute atomic E-state index is 0.458. The van der Waals surface area contributed by atoms with E-state index in [1.165, 1.54) is 19.3 Å². The highest BCUT2D eigenvalue weighted by molar-refractivity contribution is 4.79. The van der Waals surface area contributed by atoms with E-state index in [0.717, 1.165) is 39.3 Å². The maximum absolute atomic E-state index is 5.38. The predicted octanol–water partition coefficient (Wildman–Crippen LogP) is 1.82. The van der Waals surface area contributed by atoms with Gasteiger partial charge in [0, 0.05) is 33.5 Å². The van der Waals surface area contributed by atoms with Crippen LogP contribution in [0.15, 0.2) is 0 Å². The average Bonchev–Trinajstić information content (AvgIpc) is 2.24. The molecule has 3 nitrogen and oxygen atoms in total. The zero-order chi connectivity index (χ0) is 11.0. The fourth-order valence-corrected chi connectivity index (χ4v) is 1.93. The lowest BCUT2D eigenvalue weighted by Crippen LogP contribution is -2.37. The minimum Gasteiger partial charge on any atom is -0.385 e. The van der Waals surface area contributed by atoms with Crippen molar-refractivity contribution in [3.63, 3.8) is 0 Å². The number of methoxy groups -OCH3 is 1. The smallest absolute Gasteiger partial charge is 0.0471 e. The van der Waals surface area contributed by atoms with Crippen molar-refractivity contribution in [2.45, 2.75) is 32.6 Å². The third-order valence-corrected chi connectivity index (χ3v) is 3.20. The summed E-state index contributed by atoms with van der Waals surface area (Å²) in [5, 5.41) is 3.54. The van der Waals surface area contributed by atoms with Crippen molar-refractivity contribution in [3.8, 4) is 0 Å². The van der Waals surface area contributed by atoms with Crippen LogP contribution in [0.25, 0.3) is 0 Å². The van der Waals surface area contributed by atoms with Gasteiger partial charge in [0.05, 0.1) is 0 Å². The topological polar surface area (TPSA) is 30.5 Å². The standard InChI is InChI=1S/C12H25NO2/c1-12(5-9-15-10-6-12)11-13-7-3-4-8-14-2/h13H,3-11H2,1-2H3. The van der Waals surface area contributed by atoms with Gasteiger partial charge in [0.1, 0.15) is 0 Å². The zero-order valence-electron chi connectivity index (χ0n) is 10.2. The summed E-state index contributed by atoms with van der Waals surface area (Å²) in [7, 11) is 1.76. The van der Waals surface area contributed by atoms with Crippen LogP contribution in [0.4, 0.5) is 0 Å². The Balaban J connectivity index is 1.98. The molecular formula is C12H25NO2. The maximum atomic E-state index is 5.38. The van der Waals surface area contributed by atoms with Crippen LogP contribution in [0.2, 0.25) is 0 Å². The van der Waals surface area contributed by atoms with Crippen molar-refractivity contribution < 1.29 is 9.47 Å². The van der Waals surface area contributed by atoms with Gasteiger partial charge in [0.2, 0.25) is 0 Å². The Kier molecular flexibility index (Phi) is 6.22. The van der Waals surface area contributed by atoms with Crippen molar-refractivity contribution in [2.24, 2.45) is 5.41 Å². The van der Waals surface area contributed by atoms with Gasteiger partial charge in [-0.1, -0.05) is 6.92 Å². The summed E-state index contributed by atoms with van der Waals surface area (Å²) in [6.45, 7) is 7.34. The first kappa shape index (κ1) is 12.9. The van der Waals surface area contributed by atoms with E-state index in [2.05, 4.69) is 12.2 Å². The Bertz CT molecular complexity index is 156. The molecule has 0 saturated carbocycles. The lowest BCUT2D eigenvalue weighted by Gasteiger charge is -2.33. The molecule has 0 aliphatic carbocycles. The molecule has 0 aromatic carbocycles. The molecule has 0 amide bonds. The van der Waals surface area contributed by atoms with Gasteiger partial charge < -0.3 is 14.8 Å². The fourth-order valence-electron chi connectivity index (χ4n) is 1.93. The summed E-state index contributed by atoms with van der Waals surface area (Å²) in [6.07, 6.45) is 4.75. The van der Waals surface area contributed by atoms with Gasteiger partial charge in [-0.05, 0) is 37.6 Å². The molecule has 0 unspecified atom stereocenters. The van der Waals surface area contributed by atoms with Crippen LogP contribution in [-0.2, 0) is 9.47 Å². The highest BCUT2D eigenvalue weighted by Crippen LogP contribution is 2.28. The van der Waals surface area contributed by atoms with Crippen LogP contribution >= 0.6 is 0 Å². The van der Waals surface area contributed by atoms with Gasteiger partial charge in [0.25, 0.3) is 0 Å². The number of unbranched alkanes of at least 4 members (excludes halogenated alkanes) is 1. The summed E-state index contributed by atoms with van der Waals surface area (Å²) in [5.74, 6) is 0. The second-order valence-electron chi connectivity index (χ2n) is 4.80. The number of ether oxygens (including phenoxy) is 2. The Morgan fingerprint density at radius 2 is 2.00 bits per heavy atom. The van der Waals surface area contributed by atoms with E-state index in [9.17, 15) is 0 Å². The van der Waals surface area contributed by atoms with E-state index < -0.39 is 0 Å². The first-order chi connectivity index (χ1) is 7.27.